The maximum Gasteiger partial charge on any atom is 0.434 e. The van der Waals surface area contributed by atoms with Gasteiger partial charge < -0.3 is 10.1 Å². The van der Waals surface area contributed by atoms with Crippen LogP contribution in [0.15, 0.2) is 79.0 Å². The van der Waals surface area contributed by atoms with Crippen LogP contribution in [0.2, 0.25) is 0 Å². The number of para-hydroxylation sites is 2. The van der Waals surface area contributed by atoms with Crippen LogP contribution in [0.5, 0.6) is 11.8 Å². The second-order valence-corrected chi connectivity index (χ2v) is 7.38. The second kappa shape index (κ2) is 10.4. The van der Waals surface area contributed by atoms with Gasteiger partial charge in [-0.05, 0) is 29.8 Å². The SMILES string of the molecule is O=C(NC(=O)c1c(F)cccc1F)Nc1ccccc1Oc1ncc(-c2ccccc2)c(C(F)(F)F)n1. The summed E-state index contributed by atoms with van der Waals surface area (Å²) in [6.07, 6.45) is -3.86. The van der Waals surface area contributed by atoms with Gasteiger partial charge in [0.1, 0.15) is 17.2 Å². The number of hydrogen-bond acceptors (Lipinski definition) is 5. The Morgan fingerprint density at radius 1 is 0.838 bits per heavy atom. The molecule has 1 aromatic heterocycles. The van der Waals surface area contributed by atoms with Crippen LogP contribution in [-0.4, -0.2) is 21.9 Å². The summed E-state index contributed by atoms with van der Waals surface area (Å²) in [6.45, 7) is 0. The van der Waals surface area contributed by atoms with Gasteiger partial charge in [-0.2, -0.15) is 18.2 Å². The first kappa shape index (κ1) is 25.2. The van der Waals surface area contributed by atoms with E-state index in [-0.39, 0.29) is 22.6 Å². The van der Waals surface area contributed by atoms with E-state index in [1.807, 2.05) is 0 Å². The van der Waals surface area contributed by atoms with Gasteiger partial charge in [0.25, 0.3) is 5.91 Å². The molecule has 3 aromatic carbocycles. The number of alkyl halides is 3. The fraction of sp³-hybridized carbons (Fsp3) is 0.0400. The third-order valence-electron chi connectivity index (χ3n) is 4.87. The molecule has 0 aliphatic heterocycles. The van der Waals surface area contributed by atoms with Crippen LogP contribution in [0.4, 0.5) is 32.4 Å². The number of nitrogens with zero attached hydrogens (tertiary/aromatic N) is 2. The van der Waals surface area contributed by atoms with Crippen molar-refractivity contribution in [3.8, 4) is 22.9 Å². The van der Waals surface area contributed by atoms with E-state index in [2.05, 4.69) is 15.3 Å². The lowest BCUT2D eigenvalue weighted by Gasteiger charge is -2.15. The van der Waals surface area contributed by atoms with E-state index in [1.165, 1.54) is 36.4 Å². The van der Waals surface area contributed by atoms with Crippen molar-refractivity contribution in [2.45, 2.75) is 6.18 Å². The summed E-state index contributed by atoms with van der Waals surface area (Å²) < 4.78 is 74.2. The number of hydrogen-bond donors (Lipinski definition) is 2. The third-order valence-corrected chi connectivity index (χ3v) is 4.87. The number of halogens is 5. The smallest absolute Gasteiger partial charge is 0.422 e. The molecule has 188 valence electrons. The lowest BCUT2D eigenvalue weighted by molar-refractivity contribution is -0.140. The highest BCUT2D eigenvalue weighted by atomic mass is 19.4. The van der Waals surface area contributed by atoms with Crippen LogP contribution in [0, 0.1) is 11.6 Å². The number of nitrogens with one attached hydrogen (secondary N) is 2. The van der Waals surface area contributed by atoms with E-state index < -0.39 is 47.0 Å². The zero-order chi connectivity index (χ0) is 26.6. The van der Waals surface area contributed by atoms with E-state index in [4.69, 9.17) is 4.74 Å². The Labute approximate surface area is 206 Å². The fourth-order valence-corrected chi connectivity index (χ4v) is 3.25. The van der Waals surface area contributed by atoms with E-state index in [9.17, 15) is 31.5 Å². The number of rotatable bonds is 5. The molecule has 4 rings (SSSR count). The van der Waals surface area contributed by atoms with Crippen molar-refractivity contribution in [2.75, 3.05) is 5.32 Å². The predicted octanol–water partition coefficient (Wildman–Crippen LogP) is 6.19. The van der Waals surface area contributed by atoms with Gasteiger partial charge in [-0.25, -0.2) is 18.6 Å². The molecule has 0 atom stereocenters. The fourth-order valence-electron chi connectivity index (χ4n) is 3.25. The second-order valence-electron chi connectivity index (χ2n) is 7.38. The summed E-state index contributed by atoms with van der Waals surface area (Å²) in [5, 5.41) is 4.00. The summed E-state index contributed by atoms with van der Waals surface area (Å²) in [5.41, 5.74) is -2.30. The Morgan fingerprint density at radius 3 is 2.16 bits per heavy atom. The van der Waals surface area contributed by atoms with E-state index >= 15 is 0 Å². The highest BCUT2D eigenvalue weighted by Crippen LogP contribution is 2.37. The van der Waals surface area contributed by atoms with Crippen molar-refractivity contribution in [2.24, 2.45) is 0 Å². The molecule has 1 heterocycles. The summed E-state index contributed by atoms with van der Waals surface area (Å²) in [6, 6.07) is 14.2. The standard InChI is InChI=1S/C25H15F5N4O3/c26-16-9-6-10-17(27)20(16)22(35)34-23(36)32-18-11-4-5-12-19(18)37-24-31-13-15(14-7-2-1-3-8-14)21(33-24)25(28,29)30/h1-13H,(H2,32,34,35,36). The average Bonchev–Trinajstić information content (AvgIpc) is 2.85. The van der Waals surface area contributed by atoms with Crippen molar-refractivity contribution in [3.63, 3.8) is 0 Å². The zero-order valence-corrected chi connectivity index (χ0v) is 18.5. The minimum atomic E-state index is -4.83. The summed E-state index contributed by atoms with van der Waals surface area (Å²) in [5.74, 6) is -3.86. The van der Waals surface area contributed by atoms with Crippen LogP contribution in [-0.2, 0) is 6.18 Å². The number of benzene rings is 3. The predicted molar refractivity (Wildman–Crippen MR) is 122 cm³/mol. The number of carbonyl (C=O) groups is 2. The molecule has 0 aliphatic rings. The molecule has 0 bridgehead atoms. The van der Waals surface area contributed by atoms with E-state index in [1.54, 1.807) is 23.5 Å². The molecule has 0 radical (unpaired) electrons. The zero-order valence-electron chi connectivity index (χ0n) is 18.5. The molecule has 0 unspecified atom stereocenters. The Hall–Kier alpha value is -4.87. The Kier molecular flexibility index (Phi) is 7.09. The lowest BCUT2D eigenvalue weighted by atomic mass is 10.1. The lowest BCUT2D eigenvalue weighted by Crippen LogP contribution is -2.35. The van der Waals surface area contributed by atoms with Gasteiger partial charge in [0.2, 0.25) is 0 Å². The molecule has 12 heteroatoms. The highest BCUT2D eigenvalue weighted by Gasteiger charge is 2.37. The number of imide groups is 1. The van der Waals surface area contributed by atoms with Crippen molar-refractivity contribution in [3.05, 3.63) is 102 Å². The number of carbonyl (C=O) groups excluding carboxylic acids is 2. The van der Waals surface area contributed by atoms with E-state index in [0.29, 0.717) is 0 Å². The first-order valence-corrected chi connectivity index (χ1v) is 10.5. The minimum absolute atomic E-state index is 0.0916. The van der Waals surface area contributed by atoms with Gasteiger partial charge in [0, 0.05) is 11.8 Å². The Morgan fingerprint density at radius 2 is 1.49 bits per heavy atom. The van der Waals surface area contributed by atoms with Gasteiger partial charge >= 0.3 is 18.2 Å². The molecule has 0 fully saturated rings. The third kappa shape index (κ3) is 5.86. The largest absolute Gasteiger partial charge is 0.434 e. The molecule has 3 amide bonds. The van der Waals surface area contributed by atoms with Crippen LogP contribution in [0.25, 0.3) is 11.1 Å². The molecule has 2 N–H and O–H groups in total. The van der Waals surface area contributed by atoms with Crippen molar-refractivity contribution >= 4 is 17.6 Å². The van der Waals surface area contributed by atoms with Gasteiger partial charge in [-0.3, -0.25) is 10.1 Å². The van der Waals surface area contributed by atoms with Gasteiger partial charge in [-0.1, -0.05) is 48.5 Å². The molecular weight excluding hydrogens is 499 g/mol. The number of urea groups is 1. The van der Waals surface area contributed by atoms with Crippen LogP contribution < -0.4 is 15.4 Å². The summed E-state index contributed by atoms with van der Waals surface area (Å²) >= 11 is 0. The first-order valence-electron chi connectivity index (χ1n) is 10.5. The number of amides is 3. The Bertz CT molecular complexity index is 1440. The molecule has 7 nitrogen and oxygen atoms in total. The van der Waals surface area contributed by atoms with Gasteiger partial charge in [-0.15, -0.1) is 0 Å². The molecule has 0 aliphatic carbocycles. The van der Waals surface area contributed by atoms with Crippen LogP contribution in [0.1, 0.15) is 16.1 Å². The molecule has 4 aromatic rings. The van der Waals surface area contributed by atoms with Crippen LogP contribution in [0.3, 0.4) is 0 Å². The summed E-state index contributed by atoms with van der Waals surface area (Å²) in [7, 11) is 0. The molecular formula is C25H15F5N4O3. The highest BCUT2D eigenvalue weighted by molar-refractivity contribution is 6.08. The normalized spacial score (nSPS) is 11.1. The average molecular weight is 514 g/mol. The summed E-state index contributed by atoms with van der Waals surface area (Å²) in [4.78, 5) is 31.8. The Balaban J connectivity index is 1.56. The molecule has 0 saturated heterocycles. The number of ether oxygens (including phenoxy) is 1. The van der Waals surface area contributed by atoms with Gasteiger partial charge in [0.15, 0.2) is 11.4 Å². The maximum absolute atomic E-state index is 13.8. The van der Waals surface area contributed by atoms with E-state index in [0.717, 1.165) is 24.4 Å². The molecule has 0 spiro atoms. The van der Waals surface area contributed by atoms with Crippen molar-refractivity contribution in [1.82, 2.24) is 15.3 Å². The molecule has 0 saturated carbocycles. The number of anilines is 1. The monoisotopic (exact) mass is 514 g/mol. The maximum atomic E-state index is 13.8. The van der Waals surface area contributed by atoms with Crippen LogP contribution >= 0.6 is 0 Å². The topological polar surface area (TPSA) is 93.2 Å². The van der Waals surface area contributed by atoms with Crippen molar-refractivity contribution < 1.29 is 36.3 Å². The van der Waals surface area contributed by atoms with Crippen molar-refractivity contribution in [1.29, 1.82) is 0 Å². The minimum Gasteiger partial charge on any atom is -0.422 e. The molecule has 37 heavy (non-hydrogen) atoms. The number of aromatic nitrogens is 2. The first-order chi connectivity index (χ1) is 17.6. The quantitative estimate of drug-likeness (QED) is 0.310. The van der Waals surface area contributed by atoms with Gasteiger partial charge in [0.05, 0.1) is 5.69 Å².